The van der Waals surface area contributed by atoms with E-state index in [1.807, 2.05) is 11.8 Å². The second kappa shape index (κ2) is 7.80. The summed E-state index contributed by atoms with van der Waals surface area (Å²) in [5.41, 5.74) is 0. The number of rotatable bonds is 8. The first-order valence-electron chi connectivity index (χ1n) is 6.54. The maximum Gasteiger partial charge on any atom is 0.411 e. The average Bonchev–Trinajstić information content (AvgIpc) is 2.81. The first-order valence-corrected chi connectivity index (χ1v) is 6.54. The van der Waals surface area contributed by atoms with Crippen molar-refractivity contribution in [3.8, 4) is 0 Å². The minimum Gasteiger partial charge on any atom is -0.481 e. The lowest BCUT2D eigenvalue weighted by Crippen LogP contribution is -2.43. The van der Waals surface area contributed by atoms with Crippen molar-refractivity contribution in [2.75, 3.05) is 39.5 Å². The van der Waals surface area contributed by atoms with Gasteiger partial charge < -0.3 is 14.6 Å². The van der Waals surface area contributed by atoms with E-state index >= 15 is 0 Å². The Labute approximate surface area is 115 Å². The van der Waals surface area contributed by atoms with Crippen molar-refractivity contribution in [1.29, 1.82) is 0 Å². The van der Waals surface area contributed by atoms with E-state index in [0.717, 1.165) is 0 Å². The number of aliphatic carboxylic acids is 1. The third-order valence-electron chi connectivity index (χ3n) is 3.24. The lowest BCUT2D eigenvalue weighted by atomic mass is 10.0. The lowest BCUT2D eigenvalue weighted by molar-refractivity contribution is -0.174. The number of nitrogens with zero attached hydrogens (tertiary/aromatic N) is 1. The van der Waals surface area contributed by atoms with Gasteiger partial charge in [0.25, 0.3) is 0 Å². The van der Waals surface area contributed by atoms with Crippen LogP contribution in [0.1, 0.15) is 13.3 Å². The SMILES string of the molecule is CCN(CCCOCC(F)(F)F)C1COCC1C(=O)O. The maximum atomic E-state index is 11.9. The highest BCUT2D eigenvalue weighted by molar-refractivity contribution is 5.71. The van der Waals surface area contributed by atoms with Gasteiger partial charge in [-0.2, -0.15) is 13.2 Å². The fourth-order valence-corrected chi connectivity index (χ4v) is 2.25. The van der Waals surface area contributed by atoms with E-state index in [9.17, 15) is 18.0 Å². The molecule has 1 aliphatic rings. The summed E-state index contributed by atoms with van der Waals surface area (Å²) in [7, 11) is 0. The zero-order chi connectivity index (χ0) is 15.2. The monoisotopic (exact) mass is 299 g/mol. The largest absolute Gasteiger partial charge is 0.481 e. The summed E-state index contributed by atoms with van der Waals surface area (Å²) in [6.07, 6.45) is -3.88. The molecule has 0 saturated carbocycles. The van der Waals surface area contributed by atoms with Gasteiger partial charge >= 0.3 is 12.1 Å². The Morgan fingerprint density at radius 2 is 2.15 bits per heavy atom. The third kappa shape index (κ3) is 5.64. The molecular weight excluding hydrogens is 279 g/mol. The molecule has 0 aliphatic carbocycles. The second-order valence-electron chi connectivity index (χ2n) is 4.70. The molecule has 118 valence electrons. The van der Waals surface area contributed by atoms with E-state index in [4.69, 9.17) is 9.84 Å². The summed E-state index contributed by atoms with van der Waals surface area (Å²) in [6, 6.07) is -0.222. The molecule has 0 aromatic carbocycles. The van der Waals surface area contributed by atoms with Crippen molar-refractivity contribution < 1.29 is 32.5 Å². The Balaban J connectivity index is 2.31. The minimum atomic E-state index is -4.31. The fraction of sp³-hybridized carbons (Fsp3) is 0.917. The summed E-state index contributed by atoms with van der Waals surface area (Å²) in [4.78, 5) is 13.0. The first-order chi connectivity index (χ1) is 9.35. The first kappa shape index (κ1) is 17.2. The van der Waals surface area contributed by atoms with Gasteiger partial charge in [-0.3, -0.25) is 9.69 Å². The van der Waals surface area contributed by atoms with Crippen molar-refractivity contribution in [2.24, 2.45) is 5.92 Å². The Morgan fingerprint density at radius 1 is 1.45 bits per heavy atom. The van der Waals surface area contributed by atoms with Gasteiger partial charge in [0.15, 0.2) is 0 Å². The molecule has 2 atom stereocenters. The number of halogens is 3. The number of carboxylic acids is 1. The van der Waals surface area contributed by atoms with E-state index in [0.29, 0.717) is 26.1 Å². The van der Waals surface area contributed by atoms with Crippen LogP contribution in [0.4, 0.5) is 13.2 Å². The Morgan fingerprint density at radius 3 is 2.70 bits per heavy atom. The molecule has 1 aliphatic heterocycles. The highest BCUT2D eigenvalue weighted by Crippen LogP contribution is 2.20. The predicted octanol–water partition coefficient (Wildman–Crippen LogP) is 1.38. The summed E-state index contributed by atoms with van der Waals surface area (Å²) < 4.78 is 45.3. The van der Waals surface area contributed by atoms with Crippen LogP contribution in [0.15, 0.2) is 0 Å². The summed E-state index contributed by atoms with van der Waals surface area (Å²) in [6.45, 7) is 2.27. The van der Waals surface area contributed by atoms with Gasteiger partial charge in [-0.1, -0.05) is 6.92 Å². The summed E-state index contributed by atoms with van der Waals surface area (Å²) >= 11 is 0. The van der Waals surface area contributed by atoms with Crippen LogP contribution in [-0.4, -0.2) is 67.7 Å². The number of hydrogen-bond donors (Lipinski definition) is 1. The van der Waals surface area contributed by atoms with E-state index in [1.165, 1.54) is 0 Å². The van der Waals surface area contributed by atoms with Crippen LogP contribution >= 0.6 is 0 Å². The molecule has 1 heterocycles. The smallest absolute Gasteiger partial charge is 0.411 e. The van der Waals surface area contributed by atoms with Crippen LogP contribution in [0.3, 0.4) is 0 Å². The fourth-order valence-electron chi connectivity index (χ4n) is 2.25. The highest BCUT2D eigenvalue weighted by atomic mass is 19.4. The molecule has 8 heteroatoms. The van der Waals surface area contributed by atoms with Crippen molar-refractivity contribution in [3.05, 3.63) is 0 Å². The molecule has 1 fully saturated rings. The number of carboxylic acid groups (broad SMARTS) is 1. The zero-order valence-corrected chi connectivity index (χ0v) is 11.4. The quantitative estimate of drug-likeness (QED) is 0.686. The van der Waals surface area contributed by atoms with Crippen molar-refractivity contribution in [1.82, 2.24) is 4.90 Å². The molecule has 2 unspecified atom stereocenters. The van der Waals surface area contributed by atoms with Gasteiger partial charge in [0.05, 0.1) is 19.1 Å². The predicted molar refractivity (Wildman–Crippen MR) is 64.5 cm³/mol. The summed E-state index contributed by atoms with van der Waals surface area (Å²) in [5.74, 6) is -1.48. The van der Waals surface area contributed by atoms with Gasteiger partial charge in [-0.05, 0) is 13.0 Å². The number of carbonyl (C=O) groups is 1. The molecule has 0 aromatic heterocycles. The molecule has 0 radical (unpaired) electrons. The van der Waals surface area contributed by atoms with E-state index in [1.54, 1.807) is 0 Å². The molecule has 1 saturated heterocycles. The van der Waals surface area contributed by atoms with E-state index in [-0.39, 0.29) is 19.3 Å². The molecule has 0 aromatic rings. The second-order valence-corrected chi connectivity index (χ2v) is 4.70. The van der Waals surface area contributed by atoms with Crippen LogP contribution in [-0.2, 0) is 14.3 Å². The van der Waals surface area contributed by atoms with Gasteiger partial charge in [0, 0.05) is 19.2 Å². The summed E-state index contributed by atoms with van der Waals surface area (Å²) in [5, 5.41) is 9.07. The standard InChI is InChI=1S/C12H20F3NO4/c1-2-16(4-3-5-19-8-12(13,14)15)10-7-20-6-9(10)11(17)18/h9-10H,2-8H2,1H3,(H,17,18). The van der Waals surface area contributed by atoms with Crippen molar-refractivity contribution >= 4 is 5.97 Å². The van der Waals surface area contributed by atoms with Crippen LogP contribution < -0.4 is 0 Å². The molecule has 20 heavy (non-hydrogen) atoms. The van der Waals surface area contributed by atoms with Crippen LogP contribution in [0.2, 0.25) is 0 Å². The molecule has 0 spiro atoms. The lowest BCUT2D eigenvalue weighted by Gasteiger charge is -2.29. The van der Waals surface area contributed by atoms with Gasteiger partial charge in [-0.25, -0.2) is 0 Å². The highest BCUT2D eigenvalue weighted by Gasteiger charge is 2.37. The van der Waals surface area contributed by atoms with Crippen LogP contribution in [0, 0.1) is 5.92 Å². The van der Waals surface area contributed by atoms with E-state index in [2.05, 4.69) is 4.74 Å². The Kier molecular flexibility index (Phi) is 6.70. The average molecular weight is 299 g/mol. The number of alkyl halides is 3. The molecule has 0 bridgehead atoms. The van der Waals surface area contributed by atoms with Gasteiger partial charge in [0.1, 0.15) is 6.61 Å². The van der Waals surface area contributed by atoms with Crippen LogP contribution in [0.5, 0.6) is 0 Å². The van der Waals surface area contributed by atoms with Crippen molar-refractivity contribution in [2.45, 2.75) is 25.6 Å². The minimum absolute atomic E-state index is 0.00131. The Bertz CT molecular complexity index is 312. The van der Waals surface area contributed by atoms with Crippen molar-refractivity contribution in [3.63, 3.8) is 0 Å². The number of hydrogen-bond acceptors (Lipinski definition) is 4. The van der Waals surface area contributed by atoms with E-state index < -0.39 is 24.7 Å². The third-order valence-corrected chi connectivity index (χ3v) is 3.24. The maximum absolute atomic E-state index is 11.9. The van der Waals surface area contributed by atoms with Crippen LogP contribution in [0.25, 0.3) is 0 Å². The number of ether oxygens (including phenoxy) is 2. The zero-order valence-electron chi connectivity index (χ0n) is 11.4. The number of likely N-dealkylation sites (N-methyl/N-ethyl adjacent to an activating group) is 1. The molecule has 5 nitrogen and oxygen atoms in total. The molecule has 1 rings (SSSR count). The topological polar surface area (TPSA) is 59.0 Å². The molecular formula is C12H20F3NO4. The normalized spacial score (nSPS) is 23.4. The molecule has 1 N–H and O–H groups in total. The Hall–Kier alpha value is -0.860. The van der Waals surface area contributed by atoms with Gasteiger partial charge in [-0.15, -0.1) is 0 Å². The van der Waals surface area contributed by atoms with Gasteiger partial charge in [0.2, 0.25) is 0 Å². The molecule has 0 amide bonds.